The zero-order valence-electron chi connectivity index (χ0n) is 8.90. The summed E-state index contributed by atoms with van der Waals surface area (Å²) in [4.78, 5) is 19.6. The van der Waals surface area contributed by atoms with Gasteiger partial charge in [-0.2, -0.15) is 11.8 Å². The van der Waals surface area contributed by atoms with Crippen LogP contribution in [0.3, 0.4) is 0 Å². The summed E-state index contributed by atoms with van der Waals surface area (Å²) in [6.07, 6.45) is 4.07. The van der Waals surface area contributed by atoms with Gasteiger partial charge in [-0.05, 0) is 12.2 Å². The normalized spacial score (nSPS) is 10.0. The van der Waals surface area contributed by atoms with E-state index >= 15 is 0 Å². The van der Waals surface area contributed by atoms with Crippen LogP contribution in [0, 0.1) is 0 Å². The molecule has 0 aliphatic carbocycles. The van der Waals surface area contributed by atoms with E-state index in [2.05, 4.69) is 16.9 Å². The predicted molar refractivity (Wildman–Crippen MR) is 60.5 cm³/mol. The molecule has 5 heteroatoms. The molecule has 1 aromatic heterocycles. The summed E-state index contributed by atoms with van der Waals surface area (Å²) < 4.78 is 4.97. The number of aromatic nitrogens is 2. The fraction of sp³-hybridized carbons (Fsp3) is 0.500. The fourth-order valence-electron chi connectivity index (χ4n) is 1.04. The van der Waals surface area contributed by atoms with Gasteiger partial charge >= 0.3 is 0 Å². The van der Waals surface area contributed by atoms with Gasteiger partial charge in [-0.15, -0.1) is 0 Å². The summed E-state index contributed by atoms with van der Waals surface area (Å²) in [5, 5.41) is 0. The lowest BCUT2D eigenvalue weighted by Gasteiger charge is -2.04. The van der Waals surface area contributed by atoms with Crippen LogP contribution >= 0.6 is 11.8 Å². The largest absolute Gasteiger partial charge is 0.479 e. The SMILES string of the molecule is CCCSCC(=O)c1nccnc1OC. The Kier molecular flexibility index (Phi) is 5.10. The first-order valence-electron chi connectivity index (χ1n) is 4.75. The van der Waals surface area contributed by atoms with E-state index in [1.165, 1.54) is 19.5 Å². The number of thioether (sulfide) groups is 1. The standard InChI is InChI=1S/C10H14N2O2S/c1-3-6-15-7-8(13)9-10(14-2)12-5-4-11-9/h4-5H,3,6-7H2,1-2H3. The molecule has 1 heterocycles. The molecular weight excluding hydrogens is 212 g/mol. The molecule has 0 saturated heterocycles. The van der Waals surface area contributed by atoms with E-state index in [1.54, 1.807) is 11.8 Å². The zero-order valence-corrected chi connectivity index (χ0v) is 9.71. The van der Waals surface area contributed by atoms with Crippen molar-refractivity contribution >= 4 is 17.5 Å². The molecular formula is C10H14N2O2S. The molecule has 0 aliphatic heterocycles. The first-order valence-corrected chi connectivity index (χ1v) is 5.91. The molecule has 0 spiro atoms. The zero-order chi connectivity index (χ0) is 11.1. The Morgan fingerprint density at radius 3 is 2.87 bits per heavy atom. The van der Waals surface area contributed by atoms with Gasteiger partial charge in [0, 0.05) is 12.4 Å². The molecule has 0 bridgehead atoms. The van der Waals surface area contributed by atoms with Gasteiger partial charge in [0.25, 0.3) is 0 Å². The van der Waals surface area contributed by atoms with Gasteiger partial charge in [0.15, 0.2) is 11.5 Å². The van der Waals surface area contributed by atoms with Crippen molar-refractivity contribution in [3.05, 3.63) is 18.1 Å². The van der Waals surface area contributed by atoms with Crippen LogP contribution in [-0.4, -0.2) is 34.4 Å². The molecule has 0 aliphatic rings. The number of carbonyl (C=O) groups excluding carboxylic acids is 1. The third-order valence-corrected chi connectivity index (χ3v) is 2.87. The predicted octanol–water partition coefficient (Wildman–Crippen LogP) is 1.81. The van der Waals surface area contributed by atoms with Crippen molar-refractivity contribution in [3.63, 3.8) is 0 Å². The van der Waals surface area contributed by atoms with Gasteiger partial charge < -0.3 is 4.74 Å². The number of hydrogen-bond donors (Lipinski definition) is 0. The van der Waals surface area contributed by atoms with E-state index in [-0.39, 0.29) is 5.78 Å². The van der Waals surface area contributed by atoms with Crippen LogP contribution < -0.4 is 4.74 Å². The van der Waals surface area contributed by atoms with E-state index in [1.807, 2.05) is 0 Å². The summed E-state index contributed by atoms with van der Waals surface area (Å²) in [6, 6.07) is 0. The van der Waals surface area contributed by atoms with E-state index in [4.69, 9.17) is 4.74 Å². The average Bonchev–Trinajstić information content (AvgIpc) is 2.29. The third-order valence-electron chi connectivity index (χ3n) is 1.70. The molecule has 0 saturated carbocycles. The van der Waals surface area contributed by atoms with Crippen molar-refractivity contribution in [3.8, 4) is 5.88 Å². The van der Waals surface area contributed by atoms with Crippen LogP contribution in [0.15, 0.2) is 12.4 Å². The van der Waals surface area contributed by atoms with Gasteiger partial charge in [0.1, 0.15) is 0 Å². The van der Waals surface area contributed by atoms with Crippen molar-refractivity contribution < 1.29 is 9.53 Å². The molecule has 0 N–H and O–H groups in total. The van der Waals surface area contributed by atoms with E-state index < -0.39 is 0 Å². The van der Waals surface area contributed by atoms with Gasteiger partial charge in [-0.3, -0.25) is 4.79 Å². The molecule has 0 unspecified atom stereocenters. The second kappa shape index (κ2) is 6.40. The third kappa shape index (κ3) is 3.51. The molecule has 0 amide bonds. The molecule has 82 valence electrons. The lowest BCUT2D eigenvalue weighted by Crippen LogP contribution is -2.08. The van der Waals surface area contributed by atoms with Crippen LogP contribution in [0.4, 0.5) is 0 Å². The minimum absolute atomic E-state index is 0.0293. The highest BCUT2D eigenvalue weighted by Gasteiger charge is 2.14. The molecule has 1 aromatic rings. The van der Waals surface area contributed by atoms with Crippen LogP contribution in [-0.2, 0) is 0 Å². The number of ketones is 1. The summed E-state index contributed by atoms with van der Waals surface area (Å²) >= 11 is 1.60. The Morgan fingerprint density at radius 2 is 2.20 bits per heavy atom. The van der Waals surface area contributed by atoms with Gasteiger partial charge in [-0.25, -0.2) is 9.97 Å². The first-order chi connectivity index (χ1) is 7.29. The van der Waals surface area contributed by atoms with Gasteiger partial charge in [-0.1, -0.05) is 6.92 Å². The highest BCUT2D eigenvalue weighted by Crippen LogP contribution is 2.14. The second-order valence-corrected chi connectivity index (χ2v) is 4.00. The van der Waals surface area contributed by atoms with Crippen LogP contribution in [0.2, 0.25) is 0 Å². The van der Waals surface area contributed by atoms with E-state index in [0.717, 1.165) is 12.2 Å². The number of rotatable bonds is 6. The van der Waals surface area contributed by atoms with Crippen molar-refractivity contribution in [2.75, 3.05) is 18.6 Å². The van der Waals surface area contributed by atoms with Crippen molar-refractivity contribution in [2.24, 2.45) is 0 Å². The molecule has 0 fully saturated rings. The molecule has 0 atom stereocenters. The Hall–Kier alpha value is -1.10. The Morgan fingerprint density at radius 1 is 1.47 bits per heavy atom. The minimum atomic E-state index is -0.0293. The topological polar surface area (TPSA) is 52.1 Å². The molecule has 1 rings (SSSR count). The Labute approximate surface area is 93.5 Å². The molecule has 15 heavy (non-hydrogen) atoms. The molecule has 0 radical (unpaired) electrons. The van der Waals surface area contributed by atoms with E-state index in [9.17, 15) is 4.79 Å². The fourth-order valence-corrected chi connectivity index (χ4v) is 1.80. The monoisotopic (exact) mass is 226 g/mol. The number of ether oxygens (including phenoxy) is 1. The lowest BCUT2D eigenvalue weighted by molar-refractivity contribution is 0.101. The maximum atomic E-state index is 11.7. The summed E-state index contributed by atoms with van der Waals surface area (Å²) in [6.45, 7) is 2.08. The first kappa shape index (κ1) is 12.0. The quantitative estimate of drug-likeness (QED) is 0.547. The van der Waals surface area contributed by atoms with Crippen molar-refractivity contribution in [2.45, 2.75) is 13.3 Å². The Balaban J connectivity index is 2.64. The lowest BCUT2D eigenvalue weighted by atomic mass is 10.3. The summed E-state index contributed by atoms with van der Waals surface area (Å²) in [7, 11) is 1.49. The highest BCUT2D eigenvalue weighted by atomic mass is 32.2. The van der Waals surface area contributed by atoms with Crippen molar-refractivity contribution in [1.82, 2.24) is 9.97 Å². The maximum Gasteiger partial charge on any atom is 0.243 e. The van der Waals surface area contributed by atoms with Crippen molar-refractivity contribution in [1.29, 1.82) is 0 Å². The van der Waals surface area contributed by atoms with E-state index in [0.29, 0.717) is 17.3 Å². The summed E-state index contributed by atoms with van der Waals surface area (Å²) in [5.74, 6) is 1.69. The number of Topliss-reactive ketones (excluding diaryl/α,β-unsaturated/α-hetero) is 1. The highest BCUT2D eigenvalue weighted by molar-refractivity contribution is 7.99. The average molecular weight is 226 g/mol. The number of hydrogen-bond acceptors (Lipinski definition) is 5. The number of nitrogens with zero attached hydrogens (tertiary/aromatic N) is 2. The number of carbonyl (C=O) groups is 1. The van der Waals surface area contributed by atoms with Crippen LogP contribution in [0.5, 0.6) is 5.88 Å². The smallest absolute Gasteiger partial charge is 0.243 e. The molecule has 0 aromatic carbocycles. The molecule has 4 nitrogen and oxygen atoms in total. The second-order valence-electron chi connectivity index (χ2n) is 2.89. The van der Waals surface area contributed by atoms with Crippen LogP contribution in [0.1, 0.15) is 23.8 Å². The number of methoxy groups -OCH3 is 1. The minimum Gasteiger partial charge on any atom is -0.479 e. The summed E-state index contributed by atoms with van der Waals surface area (Å²) in [5.41, 5.74) is 0.323. The maximum absolute atomic E-state index is 11.7. The Bertz CT molecular complexity index is 331. The van der Waals surface area contributed by atoms with Crippen LogP contribution in [0.25, 0.3) is 0 Å². The van der Waals surface area contributed by atoms with Gasteiger partial charge in [0.05, 0.1) is 12.9 Å². The van der Waals surface area contributed by atoms with Gasteiger partial charge in [0.2, 0.25) is 5.88 Å².